The van der Waals surface area contributed by atoms with Crippen molar-refractivity contribution in [3.05, 3.63) is 85.1 Å². The van der Waals surface area contributed by atoms with Crippen molar-refractivity contribution >= 4 is 17.9 Å². The van der Waals surface area contributed by atoms with Crippen LogP contribution in [0.15, 0.2) is 85.1 Å². The third kappa shape index (κ3) is 65.4. The summed E-state index contributed by atoms with van der Waals surface area (Å²) in [5, 5.41) is 0. The summed E-state index contributed by atoms with van der Waals surface area (Å²) in [7, 11) is 0. The molecular formula is C74H130O6. The summed E-state index contributed by atoms with van der Waals surface area (Å²) in [6.07, 6.45) is 90.5. The highest BCUT2D eigenvalue weighted by atomic mass is 16.6. The van der Waals surface area contributed by atoms with Gasteiger partial charge in [-0.3, -0.25) is 14.4 Å². The molecule has 0 saturated carbocycles. The number of carbonyl (C=O) groups is 3. The van der Waals surface area contributed by atoms with Gasteiger partial charge in [-0.25, -0.2) is 0 Å². The molecule has 0 aliphatic rings. The summed E-state index contributed by atoms with van der Waals surface area (Å²) >= 11 is 0. The van der Waals surface area contributed by atoms with Gasteiger partial charge in [0.15, 0.2) is 6.10 Å². The normalized spacial score (nSPS) is 12.6. The molecule has 0 heterocycles. The molecule has 0 N–H and O–H groups in total. The number of allylic oxidation sites excluding steroid dienone is 14. The van der Waals surface area contributed by atoms with Crippen molar-refractivity contribution < 1.29 is 28.6 Å². The van der Waals surface area contributed by atoms with E-state index in [1.165, 1.54) is 205 Å². The van der Waals surface area contributed by atoms with Crippen LogP contribution in [0.5, 0.6) is 0 Å². The van der Waals surface area contributed by atoms with Gasteiger partial charge in [-0.15, -0.1) is 0 Å². The van der Waals surface area contributed by atoms with Crippen LogP contribution in [-0.2, 0) is 28.6 Å². The molecule has 80 heavy (non-hydrogen) atoms. The van der Waals surface area contributed by atoms with Crippen molar-refractivity contribution in [3.63, 3.8) is 0 Å². The van der Waals surface area contributed by atoms with Crippen molar-refractivity contribution in [2.24, 2.45) is 0 Å². The summed E-state index contributed by atoms with van der Waals surface area (Å²) in [5.74, 6) is -0.902. The van der Waals surface area contributed by atoms with Crippen LogP contribution in [0.2, 0.25) is 0 Å². The van der Waals surface area contributed by atoms with E-state index in [0.29, 0.717) is 19.3 Å². The number of ether oxygens (including phenoxy) is 3. The minimum atomic E-state index is -0.792. The lowest BCUT2D eigenvalue weighted by molar-refractivity contribution is -0.167. The summed E-state index contributed by atoms with van der Waals surface area (Å²) < 4.78 is 16.9. The molecule has 0 aliphatic carbocycles. The molecule has 0 amide bonds. The Morgan fingerprint density at radius 1 is 0.263 bits per heavy atom. The van der Waals surface area contributed by atoms with Crippen LogP contribution in [0.1, 0.15) is 348 Å². The Hall–Kier alpha value is -3.41. The number of carbonyl (C=O) groups excluding carboxylic acids is 3. The predicted octanol–water partition coefficient (Wildman–Crippen LogP) is 23.8. The van der Waals surface area contributed by atoms with Crippen LogP contribution in [0.25, 0.3) is 0 Å². The van der Waals surface area contributed by atoms with Gasteiger partial charge in [0.2, 0.25) is 0 Å². The lowest BCUT2D eigenvalue weighted by atomic mass is 10.0. The van der Waals surface area contributed by atoms with Crippen molar-refractivity contribution in [1.29, 1.82) is 0 Å². The summed E-state index contributed by atoms with van der Waals surface area (Å²) in [4.78, 5) is 38.3. The lowest BCUT2D eigenvalue weighted by Crippen LogP contribution is -2.30. The van der Waals surface area contributed by atoms with Crippen LogP contribution in [0.3, 0.4) is 0 Å². The number of esters is 3. The molecule has 1 unspecified atom stereocenters. The second-order valence-corrected chi connectivity index (χ2v) is 23.1. The predicted molar refractivity (Wildman–Crippen MR) is 348 cm³/mol. The van der Waals surface area contributed by atoms with Crippen LogP contribution in [-0.4, -0.2) is 37.2 Å². The van der Waals surface area contributed by atoms with Gasteiger partial charge in [0.25, 0.3) is 0 Å². The van der Waals surface area contributed by atoms with Crippen molar-refractivity contribution in [2.75, 3.05) is 13.2 Å². The number of hydrogen-bond acceptors (Lipinski definition) is 6. The van der Waals surface area contributed by atoms with Gasteiger partial charge in [0.1, 0.15) is 13.2 Å². The van der Waals surface area contributed by atoms with Crippen LogP contribution >= 0.6 is 0 Å². The van der Waals surface area contributed by atoms with Gasteiger partial charge >= 0.3 is 17.9 Å². The molecule has 6 nitrogen and oxygen atoms in total. The highest BCUT2D eigenvalue weighted by molar-refractivity contribution is 5.71. The fourth-order valence-electron chi connectivity index (χ4n) is 9.97. The largest absolute Gasteiger partial charge is 0.462 e. The van der Waals surface area contributed by atoms with Gasteiger partial charge < -0.3 is 14.2 Å². The third-order valence-corrected chi connectivity index (χ3v) is 15.1. The van der Waals surface area contributed by atoms with E-state index in [1.807, 2.05) is 0 Å². The maximum Gasteiger partial charge on any atom is 0.306 e. The van der Waals surface area contributed by atoms with Gasteiger partial charge in [-0.05, 0) is 96.3 Å². The van der Waals surface area contributed by atoms with Crippen LogP contribution in [0, 0.1) is 0 Å². The Kier molecular flexibility index (Phi) is 65.2. The zero-order valence-corrected chi connectivity index (χ0v) is 53.1. The zero-order valence-electron chi connectivity index (χ0n) is 53.1. The molecular weight excluding hydrogens is 985 g/mol. The van der Waals surface area contributed by atoms with Gasteiger partial charge in [-0.2, -0.15) is 0 Å². The average Bonchev–Trinajstić information content (AvgIpc) is 3.46. The molecule has 0 aromatic carbocycles. The Bertz CT molecular complexity index is 1520. The highest BCUT2D eigenvalue weighted by Crippen LogP contribution is 2.17. The molecule has 0 aliphatic heterocycles. The first-order valence-electron chi connectivity index (χ1n) is 34.6. The first-order valence-corrected chi connectivity index (χ1v) is 34.6. The molecule has 1 atom stereocenters. The number of hydrogen-bond donors (Lipinski definition) is 0. The monoisotopic (exact) mass is 1110 g/mol. The van der Waals surface area contributed by atoms with E-state index < -0.39 is 6.10 Å². The molecule has 0 radical (unpaired) electrons. The fourth-order valence-corrected chi connectivity index (χ4v) is 9.97. The van der Waals surface area contributed by atoms with E-state index in [0.717, 1.165) is 103 Å². The molecule has 0 spiro atoms. The van der Waals surface area contributed by atoms with Gasteiger partial charge in [-0.1, -0.05) is 318 Å². The van der Waals surface area contributed by atoms with Crippen molar-refractivity contribution in [2.45, 2.75) is 354 Å². The Labute approximate surface area is 496 Å². The zero-order chi connectivity index (χ0) is 57.8. The summed E-state index contributed by atoms with van der Waals surface area (Å²) in [6.45, 7) is 6.53. The molecule has 0 rings (SSSR count). The Balaban J connectivity index is 4.21. The van der Waals surface area contributed by atoms with Gasteiger partial charge in [0.05, 0.1) is 0 Å². The second-order valence-electron chi connectivity index (χ2n) is 23.1. The highest BCUT2D eigenvalue weighted by Gasteiger charge is 2.19. The lowest BCUT2D eigenvalue weighted by Gasteiger charge is -2.18. The molecule has 0 aromatic heterocycles. The molecule has 0 saturated heterocycles. The standard InChI is InChI=1S/C74H130O6/c1-4-7-10-13-16-19-22-25-27-29-31-32-33-34-35-36-37-38-39-40-41-42-44-45-47-49-52-55-58-61-64-67-73(76)79-70-71(69-78-72(75)66-63-60-57-54-51-24-21-18-15-12-9-6-3)80-74(77)68-65-62-59-56-53-50-48-46-43-30-28-26-23-20-17-14-11-8-5-2/h8,11,17,20,22,25-26,28-29,31,43,46,50,53,71H,4-7,9-10,12-16,18-19,21,23-24,27,30,32-42,44-45,47-49,51-52,54-70H2,1-3H3/b11-8-,20-17-,25-22-,28-26-,31-29-,46-43-,53-50-. The average molecular weight is 1120 g/mol. The maximum absolute atomic E-state index is 12.9. The van der Waals surface area contributed by atoms with E-state index in [1.54, 1.807) is 0 Å². The van der Waals surface area contributed by atoms with Crippen molar-refractivity contribution in [1.82, 2.24) is 0 Å². The third-order valence-electron chi connectivity index (χ3n) is 15.1. The van der Waals surface area contributed by atoms with E-state index in [2.05, 4.69) is 106 Å². The minimum Gasteiger partial charge on any atom is -0.462 e. The van der Waals surface area contributed by atoms with E-state index in [4.69, 9.17) is 14.2 Å². The van der Waals surface area contributed by atoms with Gasteiger partial charge in [0, 0.05) is 19.3 Å². The first-order chi connectivity index (χ1) is 39.5. The van der Waals surface area contributed by atoms with E-state index in [-0.39, 0.29) is 31.1 Å². The maximum atomic E-state index is 12.9. The fraction of sp³-hybridized carbons (Fsp3) is 0.770. The van der Waals surface area contributed by atoms with Crippen LogP contribution < -0.4 is 0 Å². The Morgan fingerprint density at radius 3 is 0.775 bits per heavy atom. The quantitative estimate of drug-likeness (QED) is 0.0261. The molecule has 462 valence electrons. The van der Waals surface area contributed by atoms with Crippen LogP contribution in [0.4, 0.5) is 0 Å². The topological polar surface area (TPSA) is 78.9 Å². The number of unbranched alkanes of at least 4 members (excludes halogenated alkanes) is 38. The van der Waals surface area contributed by atoms with E-state index in [9.17, 15) is 14.4 Å². The Morgan fingerprint density at radius 2 is 0.487 bits per heavy atom. The molecule has 0 bridgehead atoms. The smallest absolute Gasteiger partial charge is 0.306 e. The molecule has 0 aromatic rings. The van der Waals surface area contributed by atoms with E-state index >= 15 is 0 Å². The van der Waals surface area contributed by atoms with Crippen molar-refractivity contribution in [3.8, 4) is 0 Å². The second kappa shape index (κ2) is 68.1. The summed E-state index contributed by atoms with van der Waals surface area (Å²) in [5.41, 5.74) is 0. The minimum absolute atomic E-state index is 0.0859. The molecule has 0 fully saturated rings. The SMILES string of the molecule is CC/C=C\C/C=C\C/C=C\C/C=C\C/C=C\CCCCCC(=O)OC(COC(=O)CCCCCCCCCCCCCC)COC(=O)CCCCCCCCCCCCCCCCCCCCC/C=C\C/C=C\CCCCCCC. The summed E-state index contributed by atoms with van der Waals surface area (Å²) in [6, 6.07) is 0. The number of rotatable bonds is 63. The molecule has 6 heteroatoms. The first kappa shape index (κ1) is 76.6.